The molecule has 0 aliphatic heterocycles. The molecule has 1 aromatic carbocycles. The van der Waals surface area contributed by atoms with E-state index in [0.717, 1.165) is 0 Å². The van der Waals surface area contributed by atoms with Gasteiger partial charge in [0.2, 0.25) is 11.8 Å². The van der Waals surface area contributed by atoms with Crippen LogP contribution in [0.25, 0.3) is 0 Å². The summed E-state index contributed by atoms with van der Waals surface area (Å²) in [4.78, 5) is 23.1. The molecule has 1 rings (SSSR count). The van der Waals surface area contributed by atoms with Crippen molar-refractivity contribution >= 4 is 35.0 Å². The molecule has 0 saturated heterocycles. The van der Waals surface area contributed by atoms with Crippen LogP contribution in [0.15, 0.2) is 18.2 Å². The van der Waals surface area contributed by atoms with Gasteiger partial charge >= 0.3 is 0 Å². The van der Waals surface area contributed by atoms with Gasteiger partial charge in [-0.2, -0.15) is 0 Å². The molecular weight excluding hydrogens is 288 g/mol. The highest BCUT2D eigenvalue weighted by Crippen LogP contribution is 2.28. The molecule has 0 fully saturated rings. The molecule has 1 aromatic rings. The molecule has 2 N–H and O–H groups in total. The lowest BCUT2D eigenvalue weighted by atomic mass is 10.2. The zero-order chi connectivity index (χ0) is 16.0. The second-order valence-electron chi connectivity index (χ2n) is 5.55. The van der Waals surface area contributed by atoms with E-state index in [1.807, 2.05) is 0 Å². The normalized spacial score (nSPS) is 10.9. The Kier molecular flexibility index (Phi) is 6.08. The SMILES string of the molecule is COc1ccc(NC(=O)CSC(C)(C)C)cc1NC(C)=O. The van der Waals surface area contributed by atoms with E-state index in [1.165, 1.54) is 14.0 Å². The van der Waals surface area contributed by atoms with Gasteiger partial charge in [0.05, 0.1) is 18.6 Å². The van der Waals surface area contributed by atoms with E-state index in [0.29, 0.717) is 22.9 Å². The summed E-state index contributed by atoms with van der Waals surface area (Å²) in [6.07, 6.45) is 0. The fourth-order valence-corrected chi connectivity index (χ4v) is 2.19. The largest absolute Gasteiger partial charge is 0.495 e. The fraction of sp³-hybridized carbons (Fsp3) is 0.467. The Balaban J connectivity index is 2.75. The average Bonchev–Trinajstić information content (AvgIpc) is 2.35. The Morgan fingerprint density at radius 3 is 2.43 bits per heavy atom. The number of carbonyl (C=O) groups excluding carboxylic acids is 2. The van der Waals surface area contributed by atoms with Crippen LogP contribution in [0.3, 0.4) is 0 Å². The Morgan fingerprint density at radius 2 is 1.90 bits per heavy atom. The molecule has 116 valence electrons. The number of hydrogen-bond donors (Lipinski definition) is 2. The van der Waals surface area contributed by atoms with E-state index in [2.05, 4.69) is 31.4 Å². The first-order chi connectivity index (χ1) is 9.71. The second kappa shape index (κ2) is 7.36. The van der Waals surface area contributed by atoms with Gasteiger partial charge < -0.3 is 15.4 Å². The summed E-state index contributed by atoms with van der Waals surface area (Å²) in [6.45, 7) is 7.61. The van der Waals surface area contributed by atoms with Gasteiger partial charge in [-0.1, -0.05) is 20.8 Å². The summed E-state index contributed by atoms with van der Waals surface area (Å²) in [5.41, 5.74) is 1.16. The first-order valence-electron chi connectivity index (χ1n) is 6.61. The van der Waals surface area contributed by atoms with Crippen LogP contribution in [0.2, 0.25) is 0 Å². The fourth-order valence-electron chi connectivity index (χ4n) is 1.55. The molecule has 0 bridgehead atoms. The van der Waals surface area contributed by atoms with Crippen LogP contribution in [0.5, 0.6) is 5.75 Å². The van der Waals surface area contributed by atoms with Crippen LogP contribution in [-0.4, -0.2) is 29.4 Å². The molecule has 0 aliphatic carbocycles. The number of methoxy groups -OCH3 is 1. The van der Waals surface area contributed by atoms with Gasteiger partial charge in [0.25, 0.3) is 0 Å². The van der Waals surface area contributed by atoms with Crippen molar-refractivity contribution in [1.29, 1.82) is 0 Å². The standard InChI is InChI=1S/C15H22N2O3S/c1-10(18)16-12-8-11(6-7-13(12)20-5)17-14(19)9-21-15(2,3)4/h6-8H,9H2,1-5H3,(H,16,18)(H,17,19). The van der Waals surface area contributed by atoms with Crippen molar-refractivity contribution < 1.29 is 14.3 Å². The third kappa shape index (κ3) is 6.53. The van der Waals surface area contributed by atoms with Crippen LogP contribution in [0, 0.1) is 0 Å². The maximum absolute atomic E-state index is 11.9. The lowest BCUT2D eigenvalue weighted by Gasteiger charge is -2.17. The Bertz CT molecular complexity index is 524. The predicted molar refractivity (Wildman–Crippen MR) is 88.1 cm³/mol. The lowest BCUT2D eigenvalue weighted by molar-refractivity contribution is -0.114. The summed E-state index contributed by atoms with van der Waals surface area (Å²) in [5, 5.41) is 5.49. The van der Waals surface area contributed by atoms with Crippen LogP contribution >= 0.6 is 11.8 Å². The van der Waals surface area contributed by atoms with Gasteiger partial charge in [0.15, 0.2) is 0 Å². The van der Waals surface area contributed by atoms with Crippen molar-refractivity contribution in [2.75, 3.05) is 23.5 Å². The molecule has 0 saturated carbocycles. The average molecular weight is 310 g/mol. The molecular formula is C15H22N2O3S. The molecule has 6 heteroatoms. The van der Waals surface area contributed by atoms with Crippen LogP contribution in [0.4, 0.5) is 11.4 Å². The molecule has 0 aliphatic rings. The molecule has 0 heterocycles. The lowest BCUT2D eigenvalue weighted by Crippen LogP contribution is -2.19. The van der Waals surface area contributed by atoms with Crippen molar-refractivity contribution in [3.8, 4) is 5.75 Å². The summed E-state index contributed by atoms with van der Waals surface area (Å²) in [6, 6.07) is 5.13. The number of amides is 2. The summed E-state index contributed by atoms with van der Waals surface area (Å²) >= 11 is 1.58. The monoisotopic (exact) mass is 310 g/mol. The first-order valence-corrected chi connectivity index (χ1v) is 7.59. The minimum Gasteiger partial charge on any atom is -0.495 e. The van der Waals surface area contributed by atoms with Gasteiger partial charge in [-0.3, -0.25) is 9.59 Å². The maximum atomic E-state index is 11.9. The molecule has 21 heavy (non-hydrogen) atoms. The van der Waals surface area contributed by atoms with Crippen molar-refractivity contribution in [1.82, 2.24) is 0 Å². The van der Waals surface area contributed by atoms with Crippen molar-refractivity contribution in [3.05, 3.63) is 18.2 Å². The highest BCUT2D eigenvalue weighted by Gasteiger charge is 2.14. The second-order valence-corrected chi connectivity index (χ2v) is 7.35. The Labute approximate surface area is 129 Å². The number of benzene rings is 1. The van der Waals surface area contributed by atoms with Gasteiger partial charge in [0, 0.05) is 17.4 Å². The number of nitrogens with one attached hydrogen (secondary N) is 2. The van der Waals surface area contributed by atoms with Crippen molar-refractivity contribution in [2.45, 2.75) is 32.4 Å². The van der Waals surface area contributed by atoms with Gasteiger partial charge in [-0.05, 0) is 18.2 Å². The number of hydrogen-bond acceptors (Lipinski definition) is 4. The van der Waals surface area contributed by atoms with E-state index in [1.54, 1.807) is 30.0 Å². The van der Waals surface area contributed by atoms with Crippen molar-refractivity contribution in [3.63, 3.8) is 0 Å². The van der Waals surface area contributed by atoms with Gasteiger partial charge in [-0.15, -0.1) is 11.8 Å². The number of rotatable bonds is 5. The van der Waals surface area contributed by atoms with E-state index >= 15 is 0 Å². The van der Waals surface area contributed by atoms with E-state index in [-0.39, 0.29) is 16.6 Å². The molecule has 0 radical (unpaired) electrons. The number of anilines is 2. The minimum atomic E-state index is -0.194. The first kappa shape index (κ1) is 17.4. The molecule has 5 nitrogen and oxygen atoms in total. The van der Waals surface area contributed by atoms with Gasteiger partial charge in [-0.25, -0.2) is 0 Å². The van der Waals surface area contributed by atoms with E-state index < -0.39 is 0 Å². The number of ether oxygens (including phenoxy) is 1. The number of thioether (sulfide) groups is 1. The molecule has 0 aromatic heterocycles. The molecule has 0 unspecified atom stereocenters. The molecule has 2 amide bonds. The van der Waals surface area contributed by atoms with Crippen molar-refractivity contribution in [2.24, 2.45) is 0 Å². The zero-order valence-corrected chi connectivity index (χ0v) is 13.9. The quantitative estimate of drug-likeness (QED) is 0.877. The van der Waals surface area contributed by atoms with Crippen LogP contribution in [-0.2, 0) is 9.59 Å². The predicted octanol–water partition coefficient (Wildman–Crippen LogP) is 3.12. The van der Waals surface area contributed by atoms with Crippen LogP contribution < -0.4 is 15.4 Å². The Morgan fingerprint density at radius 1 is 1.24 bits per heavy atom. The molecule has 0 spiro atoms. The minimum absolute atomic E-state index is 0.0403. The third-order valence-corrected chi connectivity index (χ3v) is 3.70. The van der Waals surface area contributed by atoms with Gasteiger partial charge in [0.1, 0.15) is 5.75 Å². The zero-order valence-electron chi connectivity index (χ0n) is 13.1. The van der Waals surface area contributed by atoms with E-state index in [9.17, 15) is 9.59 Å². The maximum Gasteiger partial charge on any atom is 0.234 e. The molecule has 0 atom stereocenters. The third-order valence-electron chi connectivity index (χ3n) is 2.43. The van der Waals surface area contributed by atoms with Crippen LogP contribution in [0.1, 0.15) is 27.7 Å². The summed E-state index contributed by atoms with van der Waals surface area (Å²) in [7, 11) is 1.53. The summed E-state index contributed by atoms with van der Waals surface area (Å²) in [5.74, 6) is 0.659. The van der Waals surface area contributed by atoms with E-state index in [4.69, 9.17) is 4.74 Å². The smallest absolute Gasteiger partial charge is 0.234 e. The Hall–Kier alpha value is -1.69. The topological polar surface area (TPSA) is 67.4 Å². The summed E-state index contributed by atoms with van der Waals surface area (Å²) < 4.78 is 5.21. The highest BCUT2D eigenvalue weighted by molar-refractivity contribution is 8.01. The number of carbonyl (C=O) groups is 2. The highest BCUT2D eigenvalue weighted by atomic mass is 32.2.